The minimum atomic E-state index is -0.115. The Morgan fingerprint density at radius 1 is 1.09 bits per heavy atom. The SMILES string of the molecule is CCCCOc1ccc(C(=O)NCc2ccccc2OC)cc1. The van der Waals surface area contributed by atoms with Crippen LogP contribution >= 0.6 is 0 Å². The third-order valence-electron chi connectivity index (χ3n) is 3.52. The lowest BCUT2D eigenvalue weighted by molar-refractivity contribution is 0.0950. The second kappa shape index (κ2) is 8.83. The van der Waals surface area contributed by atoms with Crippen LogP contribution < -0.4 is 14.8 Å². The molecule has 0 aliphatic heterocycles. The highest BCUT2D eigenvalue weighted by atomic mass is 16.5. The predicted molar refractivity (Wildman–Crippen MR) is 91.0 cm³/mol. The summed E-state index contributed by atoms with van der Waals surface area (Å²) >= 11 is 0. The van der Waals surface area contributed by atoms with Crippen molar-refractivity contribution in [3.05, 3.63) is 59.7 Å². The molecule has 0 bridgehead atoms. The smallest absolute Gasteiger partial charge is 0.251 e. The minimum absolute atomic E-state index is 0.115. The monoisotopic (exact) mass is 313 g/mol. The van der Waals surface area contributed by atoms with E-state index in [0.29, 0.717) is 18.7 Å². The third kappa shape index (κ3) is 5.02. The van der Waals surface area contributed by atoms with Gasteiger partial charge >= 0.3 is 0 Å². The molecule has 0 saturated carbocycles. The number of amides is 1. The molecule has 0 radical (unpaired) electrons. The molecule has 0 heterocycles. The summed E-state index contributed by atoms with van der Waals surface area (Å²) in [6.45, 7) is 3.26. The number of unbranched alkanes of at least 4 members (excludes halogenated alkanes) is 1. The van der Waals surface area contributed by atoms with Gasteiger partial charge < -0.3 is 14.8 Å². The van der Waals surface area contributed by atoms with Gasteiger partial charge in [-0.15, -0.1) is 0 Å². The first kappa shape index (κ1) is 16.9. The van der Waals surface area contributed by atoms with E-state index in [1.807, 2.05) is 36.4 Å². The van der Waals surface area contributed by atoms with E-state index in [4.69, 9.17) is 9.47 Å². The summed E-state index contributed by atoms with van der Waals surface area (Å²) in [5.74, 6) is 1.45. The van der Waals surface area contributed by atoms with Gasteiger partial charge in [0.25, 0.3) is 5.91 Å². The van der Waals surface area contributed by atoms with Gasteiger partial charge in [-0.1, -0.05) is 31.5 Å². The molecular formula is C19H23NO3. The van der Waals surface area contributed by atoms with Crippen molar-refractivity contribution in [3.63, 3.8) is 0 Å². The van der Waals surface area contributed by atoms with Crippen LogP contribution in [0.4, 0.5) is 0 Å². The summed E-state index contributed by atoms with van der Waals surface area (Å²) in [7, 11) is 1.62. The molecule has 1 N–H and O–H groups in total. The second-order valence-corrected chi connectivity index (χ2v) is 5.22. The molecule has 2 aromatic rings. The Morgan fingerprint density at radius 2 is 1.83 bits per heavy atom. The molecule has 4 nitrogen and oxygen atoms in total. The van der Waals surface area contributed by atoms with Crippen LogP contribution in [0.5, 0.6) is 11.5 Å². The first-order chi connectivity index (χ1) is 11.2. The van der Waals surface area contributed by atoms with Crippen molar-refractivity contribution < 1.29 is 14.3 Å². The Hall–Kier alpha value is -2.49. The second-order valence-electron chi connectivity index (χ2n) is 5.22. The van der Waals surface area contributed by atoms with Crippen molar-refractivity contribution in [3.8, 4) is 11.5 Å². The number of benzene rings is 2. The molecule has 2 aromatic carbocycles. The van der Waals surface area contributed by atoms with Crippen molar-refractivity contribution in [2.75, 3.05) is 13.7 Å². The van der Waals surface area contributed by atoms with Gasteiger partial charge in [-0.2, -0.15) is 0 Å². The molecule has 0 spiro atoms. The molecule has 0 unspecified atom stereocenters. The van der Waals surface area contributed by atoms with Crippen LogP contribution in [0.3, 0.4) is 0 Å². The zero-order valence-corrected chi connectivity index (χ0v) is 13.7. The molecule has 0 saturated heterocycles. The topological polar surface area (TPSA) is 47.6 Å². The lowest BCUT2D eigenvalue weighted by atomic mass is 10.1. The summed E-state index contributed by atoms with van der Waals surface area (Å²) in [5, 5.41) is 2.90. The van der Waals surface area contributed by atoms with E-state index in [0.717, 1.165) is 29.9 Å². The van der Waals surface area contributed by atoms with Gasteiger partial charge in [0, 0.05) is 17.7 Å². The highest BCUT2D eigenvalue weighted by molar-refractivity contribution is 5.94. The van der Waals surface area contributed by atoms with Gasteiger partial charge in [0.15, 0.2) is 0 Å². The van der Waals surface area contributed by atoms with Gasteiger partial charge in [-0.25, -0.2) is 0 Å². The molecule has 23 heavy (non-hydrogen) atoms. The highest BCUT2D eigenvalue weighted by Crippen LogP contribution is 2.17. The number of carbonyl (C=O) groups excluding carboxylic acids is 1. The van der Waals surface area contributed by atoms with Gasteiger partial charge in [-0.05, 0) is 36.8 Å². The van der Waals surface area contributed by atoms with E-state index in [-0.39, 0.29) is 5.91 Å². The Labute approximate surface area is 137 Å². The van der Waals surface area contributed by atoms with Gasteiger partial charge in [0.05, 0.1) is 13.7 Å². The van der Waals surface area contributed by atoms with Crippen LogP contribution in [0.25, 0.3) is 0 Å². The molecule has 0 aliphatic carbocycles. The lowest BCUT2D eigenvalue weighted by Gasteiger charge is -2.10. The fourth-order valence-electron chi connectivity index (χ4n) is 2.16. The van der Waals surface area contributed by atoms with Crippen molar-refractivity contribution >= 4 is 5.91 Å². The normalized spacial score (nSPS) is 10.2. The van der Waals surface area contributed by atoms with E-state index in [9.17, 15) is 4.79 Å². The summed E-state index contributed by atoms with van der Waals surface area (Å²) < 4.78 is 10.9. The fourth-order valence-corrected chi connectivity index (χ4v) is 2.16. The molecule has 2 rings (SSSR count). The Kier molecular flexibility index (Phi) is 6.48. The van der Waals surface area contributed by atoms with Crippen LogP contribution in [0, 0.1) is 0 Å². The minimum Gasteiger partial charge on any atom is -0.496 e. The maximum atomic E-state index is 12.2. The number of ether oxygens (including phenoxy) is 2. The number of hydrogen-bond acceptors (Lipinski definition) is 3. The molecular weight excluding hydrogens is 290 g/mol. The summed E-state index contributed by atoms with van der Waals surface area (Å²) in [4.78, 5) is 12.2. The van der Waals surface area contributed by atoms with Gasteiger partial charge in [0.1, 0.15) is 11.5 Å². The maximum Gasteiger partial charge on any atom is 0.251 e. The molecule has 122 valence electrons. The first-order valence-corrected chi connectivity index (χ1v) is 7.87. The first-order valence-electron chi connectivity index (χ1n) is 7.87. The zero-order valence-electron chi connectivity index (χ0n) is 13.7. The standard InChI is InChI=1S/C19H23NO3/c1-3-4-13-23-17-11-9-15(10-12-17)19(21)20-14-16-7-5-6-8-18(16)22-2/h5-12H,3-4,13-14H2,1-2H3,(H,20,21). The molecule has 0 aromatic heterocycles. The van der Waals surface area contributed by atoms with Crippen LogP contribution in [-0.4, -0.2) is 19.6 Å². The van der Waals surface area contributed by atoms with E-state index >= 15 is 0 Å². The number of methoxy groups -OCH3 is 1. The fraction of sp³-hybridized carbons (Fsp3) is 0.316. The van der Waals surface area contributed by atoms with E-state index in [1.54, 1.807) is 19.2 Å². The van der Waals surface area contributed by atoms with Crippen LogP contribution in [-0.2, 0) is 6.54 Å². The average Bonchev–Trinajstić information content (AvgIpc) is 2.60. The molecule has 0 fully saturated rings. The number of carbonyl (C=O) groups is 1. The molecule has 4 heteroatoms. The summed E-state index contributed by atoms with van der Waals surface area (Å²) in [6, 6.07) is 14.8. The summed E-state index contributed by atoms with van der Waals surface area (Å²) in [5.41, 5.74) is 1.56. The van der Waals surface area contributed by atoms with Crippen molar-refractivity contribution in [1.29, 1.82) is 0 Å². The van der Waals surface area contributed by atoms with Gasteiger partial charge in [-0.3, -0.25) is 4.79 Å². The molecule has 0 aliphatic rings. The van der Waals surface area contributed by atoms with E-state index in [2.05, 4.69) is 12.2 Å². The van der Waals surface area contributed by atoms with Gasteiger partial charge in [0.2, 0.25) is 0 Å². The number of hydrogen-bond donors (Lipinski definition) is 1. The average molecular weight is 313 g/mol. The Morgan fingerprint density at radius 3 is 2.52 bits per heavy atom. The molecule has 1 amide bonds. The zero-order chi connectivity index (χ0) is 16.5. The highest BCUT2D eigenvalue weighted by Gasteiger charge is 2.07. The van der Waals surface area contributed by atoms with E-state index < -0.39 is 0 Å². The quantitative estimate of drug-likeness (QED) is 0.754. The van der Waals surface area contributed by atoms with Crippen LogP contribution in [0.15, 0.2) is 48.5 Å². The number of para-hydroxylation sites is 1. The Bertz CT molecular complexity index is 623. The van der Waals surface area contributed by atoms with Crippen LogP contribution in [0.1, 0.15) is 35.7 Å². The Balaban J connectivity index is 1.90. The van der Waals surface area contributed by atoms with Crippen molar-refractivity contribution in [1.82, 2.24) is 5.32 Å². The van der Waals surface area contributed by atoms with Crippen molar-refractivity contribution in [2.45, 2.75) is 26.3 Å². The maximum absolute atomic E-state index is 12.2. The summed E-state index contributed by atoms with van der Waals surface area (Å²) in [6.07, 6.45) is 2.13. The largest absolute Gasteiger partial charge is 0.496 e. The van der Waals surface area contributed by atoms with Crippen LogP contribution in [0.2, 0.25) is 0 Å². The lowest BCUT2D eigenvalue weighted by Crippen LogP contribution is -2.22. The number of nitrogens with one attached hydrogen (secondary N) is 1. The van der Waals surface area contributed by atoms with Crippen molar-refractivity contribution in [2.24, 2.45) is 0 Å². The van der Waals surface area contributed by atoms with E-state index in [1.165, 1.54) is 0 Å². The number of rotatable bonds is 8. The predicted octanol–water partition coefficient (Wildman–Crippen LogP) is 3.80. The third-order valence-corrected chi connectivity index (χ3v) is 3.52. The molecule has 0 atom stereocenters.